The molecule has 1 atom stereocenters. The zero-order valence-electron chi connectivity index (χ0n) is 12.7. The summed E-state index contributed by atoms with van der Waals surface area (Å²) in [5.41, 5.74) is 0.800. The number of hydrogen-bond donors (Lipinski definition) is 1. The number of carbonyl (C=O) groups is 1. The number of carbonyl (C=O) groups excluding carboxylic acids is 1. The molecule has 21 heavy (non-hydrogen) atoms. The van der Waals surface area contributed by atoms with Gasteiger partial charge in [-0.3, -0.25) is 14.7 Å². The third-order valence-corrected chi connectivity index (χ3v) is 3.86. The molecule has 1 aromatic heterocycles. The summed E-state index contributed by atoms with van der Waals surface area (Å²) in [6, 6.07) is 3.13. The quantitative estimate of drug-likeness (QED) is 0.881. The number of piperazine rings is 1. The Labute approximate surface area is 125 Å². The van der Waals surface area contributed by atoms with E-state index in [1.165, 1.54) is 12.3 Å². The van der Waals surface area contributed by atoms with Crippen molar-refractivity contribution in [2.24, 2.45) is 0 Å². The standard InChI is InChI=1S/C15H23FN4O/c1-3-14(13-5-4-12(16)10-18-13)19(2)11-15(21)20-8-6-17-7-9-20/h4-5,10,14,17H,3,6-9,11H2,1-2H3. The van der Waals surface area contributed by atoms with E-state index in [2.05, 4.69) is 10.3 Å². The summed E-state index contributed by atoms with van der Waals surface area (Å²) in [4.78, 5) is 20.3. The minimum atomic E-state index is -0.340. The highest BCUT2D eigenvalue weighted by Crippen LogP contribution is 2.21. The molecule has 6 heteroatoms. The number of amides is 1. The van der Waals surface area contributed by atoms with E-state index in [0.29, 0.717) is 6.54 Å². The van der Waals surface area contributed by atoms with Crippen molar-refractivity contribution < 1.29 is 9.18 Å². The van der Waals surface area contributed by atoms with Crippen LogP contribution in [0.25, 0.3) is 0 Å². The van der Waals surface area contributed by atoms with Gasteiger partial charge in [-0.05, 0) is 25.6 Å². The summed E-state index contributed by atoms with van der Waals surface area (Å²) in [6.07, 6.45) is 2.05. The second-order valence-corrected chi connectivity index (χ2v) is 5.37. The first kappa shape index (κ1) is 15.9. The molecule has 116 valence electrons. The first-order chi connectivity index (χ1) is 10.1. The smallest absolute Gasteiger partial charge is 0.236 e. The lowest BCUT2D eigenvalue weighted by atomic mass is 10.1. The molecule has 1 unspecified atom stereocenters. The Balaban J connectivity index is 1.97. The number of pyridine rings is 1. The Hall–Kier alpha value is -1.53. The molecule has 1 aliphatic heterocycles. The lowest BCUT2D eigenvalue weighted by Gasteiger charge is -2.31. The Morgan fingerprint density at radius 2 is 2.19 bits per heavy atom. The normalized spacial score (nSPS) is 17.0. The molecular formula is C15H23FN4O. The molecular weight excluding hydrogens is 271 g/mol. The second kappa shape index (κ2) is 7.47. The van der Waals surface area contributed by atoms with Gasteiger partial charge < -0.3 is 10.2 Å². The van der Waals surface area contributed by atoms with Gasteiger partial charge in [-0.1, -0.05) is 6.92 Å². The topological polar surface area (TPSA) is 48.5 Å². The minimum absolute atomic E-state index is 0.0254. The number of rotatable bonds is 5. The number of halogens is 1. The van der Waals surface area contributed by atoms with Gasteiger partial charge in [-0.15, -0.1) is 0 Å². The van der Waals surface area contributed by atoms with Crippen molar-refractivity contribution >= 4 is 5.91 Å². The van der Waals surface area contributed by atoms with E-state index in [-0.39, 0.29) is 17.8 Å². The van der Waals surface area contributed by atoms with E-state index >= 15 is 0 Å². The molecule has 0 spiro atoms. The van der Waals surface area contributed by atoms with Gasteiger partial charge in [-0.2, -0.15) is 0 Å². The van der Waals surface area contributed by atoms with Crippen molar-refractivity contribution in [1.82, 2.24) is 20.1 Å². The summed E-state index contributed by atoms with van der Waals surface area (Å²) in [6.45, 7) is 5.63. The van der Waals surface area contributed by atoms with Crippen molar-refractivity contribution in [3.05, 3.63) is 29.8 Å². The van der Waals surface area contributed by atoms with Crippen LogP contribution in [0.5, 0.6) is 0 Å². The van der Waals surface area contributed by atoms with Crippen LogP contribution in [0, 0.1) is 5.82 Å². The lowest BCUT2D eigenvalue weighted by molar-refractivity contribution is -0.133. The number of hydrogen-bond acceptors (Lipinski definition) is 4. The van der Waals surface area contributed by atoms with E-state index < -0.39 is 0 Å². The highest BCUT2D eigenvalue weighted by molar-refractivity contribution is 5.78. The third-order valence-electron chi connectivity index (χ3n) is 3.86. The molecule has 1 amide bonds. The molecule has 1 aromatic rings. The van der Waals surface area contributed by atoms with Crippen LogP contribution in [0.1, 0.15) is 25.1 Å². The summed E-state index contributed by atoms with van der Waals surface area (Å²) in [7, 11) is 1.92. The van der Waals surface area contributed by atoms with Crippen molar-refractivity contribution in [3.8, 4) is 0 Å². The van der Waals surface area contributed by atoms with E-state index in [1.54, 1.807) is 6.07 Å². The van der Waals surface area contributed by atoms with Gasteiger partial charge >= 0.3 is 0 Å². The maximum Gasteiger partial charge on any atom is 0.236 e. The molecule has 1 N–H and O–H groups in total. The average Bonchev–Trinajstić information content (AvgIpc) is 2.50. The van der Waals surface area contributed by atoms with Gasteiger partial charge in [0.05, 0.1) is 24.5 Å². The van der Waals surface area contributed by atoms with E-state index in [4.69, 9.17) is 0 Å². The van der Waals surface area contributed by atoms with Crippen LogP contribution in [-0.4, -0.2) is 60.5 Å². The minimum Gasteiger partial charge on any atom is -0.339 e. The average molecular weight is 294 g/mol. The predicted molar refractivity (Wildman–Crippen MR) is 79.3 cm³/mol. The zero-order chi connectivity index (χ0) is 15.2. The van der Waals surface area contributed by atoms with Gasteiger partial charge in [-0.25, -0.2) is 4.39 Å². The molecule has 5 nitrogen and oxygen atoms in total. The number of nitrogens with one attached hydrogen (secondary N) is 1. The third kappa shape index (κ3) is 4.22. The predicted octanol–water partition coefficient (Wildman–Crippen LogP) is 1.04. The van der Waals surface area contributed by atoms with Crippen LogP contribution >= 0.6 is 0 Å². The van der Waals surface area contributed by atoms with Crippen molar-refractivity contribution in [1.29, 1.82) is 0 Å². The number of nitrogens with zero attached hydrogens (tertiary/aromatic N) is 3. The molecule has 1 fully saturated rings. The first-order valence-electron chi connectivity index (χ1n) is 7.42. The fourth-order valence-electron chi connectivity index (χ4n) is 2.67. The van der Waals surface area contributed by atoms with Gasteiger partial charge in [0.25, 0.3) is 0 Å². The highest BCUT2D eigenvalue weighted by Gasteiger charge is 2.22. The Morgan fingerprint density at radius 3 is 2.76 bits per heavy atom. The molecule has 0 radical (unpaired) electrons. The maximum atomic E-state index is 13.0. The van der Waals surface area contributed by atoms with Crippen molar-refractivity contribution in [2.75, 3.05) is 39.8 Å². The molecule has 0 saturated carbocycles. The fourth-order valence-corrected chi connectivity index (χ4v) is 2.67. The lowest BCUT2D eigenvalue weighted by Crippen LogP contribution is -2.49. The van der Waals surface area contributed by atoms with Crippen LogP contribution in [-0.2, 0) is 4.79 Å². The Bertz CT molecular complexity index is 459. The number of aromatic nitrogens is 1. The molecule has 1 saturated heterocycles. The monoisotopic (exact) mass is 294 g/mol. The summed E-state index contributed by atoms with van der Waals surface area (Å²) >= 11 is 0. The van der Waals surface area contributed by atoms with Gasteiger partial charge in [0.1, 0.15) is 5.82 Å². The summed E-state index contributed by atoms with van der Waals surface area (Å²) in [5.74, 6) is -0.201. The molecule has 0 bridgehead atoms. The first-order valence-corrected chi connectivity index (χ1v) is 7.42. The molecule has 0 aliphatic carbocycles. The zero-order valence-corrected chi connectivity index (χ0v) is 12.7. The maximum absolute atomic E-state index is 13.0. The fraction of sp³-hybridized carbons (Fsp3) is 0.600. The molecule has 1 aliphatic rings. The molecule has 2 rings (SSSR count). The van der Waals surface area contributed by atoms with Gasteiger partial charge in [0, 0.05) is 26.2 Å². The highest BCUT2D eigenvalue weighted by atomic mass is 19.1. The largest absolute Gasteiger partial charge is 0.339 e. The van der Waals surface area contributed by atoms with Crippen LogP contribution in [0.2, 0.25) is 0 Å². The van der Waals surface area contributed by atoms with Gasteiger partial charge in [0.15, 0.2) is 0 Å². The Kier molecular flexibility index (Phi) is 5.64. The van der Waals surface area contributed by atoms with E-state index in [1.807, 2.05) is 23.8 Å². The van der Waals surface area contributed by atoms with Crippen molar-refractivity contribution in [3.63, 3.8) is 0 Å². The van der Waals surface area contributed by atoms with Crippen LogP contribution in [0.15, 0.2) is 18.3 Å². The molecule has 0 aromatic carbocycles. The summed E-state index contributed by atoms with van der Waals surface area (Å²) in [5, 5.41) is 3.23. The summed E-state index contributed by atoms with van der Waals surface area (Å²) < 4.78 is 13.0. The number of likely N-dealkylation sites (N-methyl/N-ethyl adjacent to an activating group) is 1. The SMILES string of the molecule is CCC(c1ccc(F)cn1)N(C)CC(=O)N1CCNCC1. The Morgan fingerprint density at radius 1 is 1.48 bits per heavy atom. The van der Waals surface area contributed by atoms with E-state index in [9.17, 15) is 9.18 Å². The van der Waals surface area contributed by atoms with Crippen LogP contribution < -0.4 is 5.32 Å². The van der Waals surface area contributed by atoms with Crippen molar-refractivity contribution in [2.45, 2.75) is 19.4 Å². The van der Waals surface area contributed by atoms with Crippen LogP contribution in [0.4, 0.5) is 4.39 Å². The van der Waals surface area contributed by atoms with Gasteiger partial charge in [0.2, 0.25) is 5.91 Å². The van der Waals surface area contributed by atoms with E-state index in [0.717, 1.165) is 38.3 Å². The molecule has 2 heterocycles. The second-order valence-electron chi connectivity index (χ2n) is 5.37. The van der Waals surface area contributed by atoms with Crippen LogP contribution in [0.3, 0.4) is 0 Å².